The summed E-state index contributed by atoms with van der Waals surface area (Å²) in [6.45, 7) is 4.23. The van der Waals surface area contributed by atoms with Gasteiger partial charge >= 0.3 is 0 Å². The summed E-state index contributed by atoms with van der Waals surface area (Å²) in [5.74, 6) is 1.55. The zero-order valence-corrected chi connectivity index (χ0v) is 29.7. The van der Waals surface area contributed by atoms with Gasteiger partial charge in [-0.2, -0.15) is 18.2 Å². The van der Waals surface area contributed by atoms with Gasteiger partial charge in [-0.25, -0.2) is 9.97 Å². The molecule has 0 aliphatic heterocycles. The molecule has 0 unspecified atom stereocenters. The van der Waals surface area contributed by atoms with Crippen LogP contribution in [0, 0.1) is 18.5 Å². The van der Waals surface area contributed by atoms with E-state index in [9.17, 15) is 0 Å². The summed E-state index contributed by atoms with van der Waals surface area (Å²) < 4.78 is 33.9. The molecule has 10 aromatic rings. The summed E-state index contributed by atoms with van der Waals surface area (Å²) >= 11 is 0. The van der Waals surface area contributed by atoms with Crippen LogP contribution in [0.4, 0.5) is 0 Å². The summed E-state index contributed by atoms with van der Waals surface area (Å²) in [5.41, 5.74) is 9.36. The Morgan fingerprint density at radius 3 is 2.30 bits per heavy atom. The predicted octanol–water partition coefficient (Wildman–Crippen LogP) is 8.39. The van der Waals surface area contributed by atoms with E-state index in [4.69, 9.17) is 14.1 Å². The van der Waals surface area contributed by atoms with Crippen LogP contribution in [-0.4, -0.2) is 28.1 Å². The molecular formula is C42H31N7Pt-2. The monoisotopic (exact) mass is 831 g/mol. The van der Waals surface area contributed by atoms with Crippen LogP contribution >= 0.6 is 0 Å². The van der Waals surface area contributed by atoms with E-state index in [2.05, 4.69) is 101 Å². The summed E-state index contributed by atoms with van der Waals surface area (Å²) in [4.78, 5) is 10.0. The van der Waals surface area contributed by atoms with Crippen LogP contribution < -0.4 is 4.57 Å². The number of aromatic nitrogens is 7. The standard InChI is InChI=1S/C42H31N7.Pt/c1-42(2,3)27-20-21-43-40(22-27)48-33-16-7-5-14-30(33)31-24-38-39(25-37(31)48)47(41-44-32-15-6-8-17-34(32)49(38)41)29-13-11-12-28(23-29)46-26-45(4)35-18-9-10-19-36(35)46;/h5-22,24H,1-4H3;/q-2;/i4D3;. The Kier molecular flexibility index (Phi) is 6.01. The van der Waals surface area contributed by atoms with Crippen LogP contribution in [-0.2, 0) is 33.5 Å². The zero-order valence-electron chi connectivity index (χ0n) is 30.4. The maximum Gasteiger partial charge on any atom is 0.242 e. The minimum Gasteiger partial charge on any atom is -0.342 e. The molecule has 0 spiro atoms. The molecule has 0 saturated heterocycles. The van der Waals surface area contributed by atoms with Crippen LogP contribution in [0.3, 0.4) is 0 Å². The number of imidazole rings is 3. The first kappa shape index (κ1) is 27.3. The number of fused-ring (bicyclic) bond motifs is 9. The van der Waals surface area contributed by atoms with Crippen molar-refractivity contribution in [2.75, 3.05) is 0 Å². The fraction of sp³-hybridized carbons (Fsp3) is 0.119. The average Bonchev–Trinajstić information content (AvgIpc) is 3.87. The van der Waals surface area contributed by atoms with Crippen LogP contribution in [0.1, 0.15) is 30.4 Å². The van der Waals surface area contributed by atoms with Gasteiger partial charge in [0.1, 0.15) is 5.82 Å². The Morgan fingerprint density at radius 1 is 0.700 bits per heavy atom. The molecule has 0 N–H and O–H groups in total. The van der Waals surface area contributed by atoms with Gasteiger partial charge in [-0.3, -0.25) is 0 Å². The summed E-state index contributed by atoms with van der Waals surface area (Å²) in [5, 5.41) is 2.17. The van der Waals surface area contributed by atoms with Crippen molar-refractivity contribution in [2.24, 2.45) is 6.98 Å². The summed E-state index contributed by atoms with van der Waals surface area (Å²) in [7, 11) is 0. The minimum absolute atomic E-state index is 0. The van der Waals surface area contributed by atoms with Crippen molar-refractivity contribution in [1.29, 1.82) is 0 Å². The molecule has 7 nitrogen and oxygen atoms in total. The SMILES string of the molecule is [2H]C([2H])([2H])[n+]1[c-]n(-c2[c-]c(-n3c4[c-]c5c(cc4n4c6ccccc6nc34)c3ccccc3n5-c3cc(C(C)(C)C)ccn3)ccc2)c2ccccc21.[Pt]. The molecule has 0 radical (unpaired) electrons. The molecule has 5 heterocycles. The molecule has 246 valence electrons. The molecule has 5 aromatic carbocycles. The van der Waals surface area contributed by atoms with E-state index in [1.165, 1.54) is 10.1 Å². The maximum absolute atomic E-state index is 8.16. The number of rotatable bonds is 3. The Bertz CT molecular complexity index is 3070. The van der Waals surface area contributed by atoms with Crippen LogP contribution in [0.2, 0.25) is 0 Å². The van der Waals surface area contributed by atoms with E-state index in [1.54, 1.807) is 10.6 Å². The number of pyridine rings is 1. The van der Waals surface area contributed by atoms with Gasteiger partial charge in [0.2, 0.25) is 12.1 Å². The van der Waals surface area contributed by atoms with Gasteiger partial charge in [-0.1, -0.05) is 97.6 Å². The third-order valence-corrected chi connectivity index (χ3v) is 9.53. The third-order valence-electron chi connectivity index (χ3n) is 9.53. The van der Waals surface area contributed by atoms with Crippen molar-refractivity contribution in [3.63, 3.8) is 0 Å². The van der Waals surface area contributed by atoms with Gasteiger partial charge in [0.15, 0.2) is 0 Å². The smallest absolute Gasteiger partial charge is 0.242 e. The average molecular weight is 832 g/mol. The molecule has 10 rings (SSSR count). The van der Waals surface area contributed by atoms with Gasteiger partial charge in [-0.15, -0.1) is 18.2 Å². The normalized spacial score (nSPS) is 13.4. The van der Waals surface area contributed by atoms with E-state index < -0.39 is 6.98 Å². The first-order chi connectivity index (χ1) is 25.1. The fourth-order valence-corrected chi connectivity index (χ4v) is 7.17. The first-order valence-corrected chi connectivity index (χ1v) is 16.3. The fourth-order valence-electron chi connectivity index (χ4n) is 7.17. The van der Waals surface area contributed by atoms with E-state index in [0.717, 1.165) is 61.2 Å². The number of aryl methyl sites for hydroxylation is 1. The topological polar surface area (TPSA) is 48.9 Å². The van der Waals surface area contributed by atoms with Crippen LogP contribution in [0.5, 0.6) is 0 Å². The van der Waals surface area contributed by atoms with E-state index >= 15 is 0 Å². The number of hydrogen-bond acceptors (Lipinski definition) is 2. The quantitative estimate of drug-likeness (QED) is 0.133. The van der Waals surface area contributed by atoms with Gasteiger partial charge in [0, 0.05) is 32.8 Å². The predicted molar refractivity (Wildman–Crippen MR) is 195 cm³/mol. The van der Waals surface area contributed by atoms with Crippen molar-refractivity contribution < 1.29 is 29.7 Å². The molecular weight excluding hydrogens is 798 g/mol. The first-order valence-electron chi connectivity index (χ1n) is 17.8. The second-order valence-corrected chi connectivity index (χ2v) is 13.5. The van der Waals surface area contributed by atoms with Crippen LogP contribution in [0.25, 0.3) is 77.9 Å². The van der Waals surface area contributed by atoms with Crippen molar-refractivity contribution in [2.45, 2.75) is 26.2 Å². The third kappa shape index (κ3) is 4.36. The Hall–Kier alpha value is -5.52. The second-order valence-electron chi connectivity index (χ2n) is 13.5. The molecule has 0 fully saturated rings. The number of benzene rings is 5. The van der Waals surface area contributed by atoms with Gasteiger partial charge in [0.05, 0.1) is 33.2 Å². The van der Waals surface area contributed by atoms with Gasteiger partial charge in [-0.05, 0) is 57.7 Å². The zero-order chi connectivity index (χ0) is 35.5. The minimum atomic E-state index is -2.40. The van der Waals surface area contributed by atoms with Gasteiger partial charge < -0.3 is 22.7 Å². The van der Waals surface area contributed by atoms with Crippen molar-refractivity contribution >= 4 is 60.7 Å². The van der Waals surface area contributed by atoms with E-state index in [0.29, 0.717) is 16.7 Å². The van der Waals surface area contributed by atoms with Gasteiger partial charge in [0.25, 0.3) is 0 Å². The Balaban J connectivity index is 0.00000372. The molecule has 5 aromatic heterocycles. The largest absolute Gasteiger partial charge is 0.342 e. The molecule has 8 heteroatoms. The number of hydrogen-bond donors (Lipinski definition) is 0. The van der Waals surface area contributed by atoms with E-state index in [-0.39, 0.29) is 26.5 Å². The summed E-state index contributed by atoms with van der Waals surface area (Å²) in [6, 6.07) is 43.8. The van der Waals surface area contributed by atoms with Crippen molar-refractivity contribution in [3.8, 4) is 17.2 Å². The van der Waals surface area contributed by atoms with Crippen molar-refractivity contribution in [1.82, 2.24) is 28.1 Å². The molecule has 50 heavy (non-hydrogen) atoms. The van der Waals surface area contributed by atoms with Crippen molar-refractivity contribution in [3.05, 3.63) is 139 Å². The number of nitrogens with zero attached hydrogens (tertiary/aromatic N) is 7. The Morgan fingerprint density at radius 2 is 1.46 bits per heavy atom. The second kappa shape index (κ2) is 11.0. The molecule has 0 aliphatic carbocycles. The molecule has 0 atom stereocenters. The molecule has 0 aliphatic rings. The Labute approximate surface area is 307 Å². The summed E-state index contributed by atoms with van der Waals surface area (Å²) in [6.07, 6.45) is 4.97. The molecule has 0 saturated carbocycles. The maximum atomic E-state index is 8.16. The molecule has 0 bridgehead atoms. The molecule has 0 amide bonds. The number of para-hydroxylation sites is 5. The van der Waals surface area contributed by atoms with E-state index in [1.807, 2.05) is 60.8 Å². The van der Waals surface area contributed by atoms with Crippen LogP contribution in [0.15, 0.2) is 115 Å².